The number of carbonyl (C=O) groups is 1. The molecule has 148 valence electrons. The van der Waals surface area contributed by atoms with Crippen LogP contribution in [0.4, 0.5) is 0 Å². The molecule has 2 nitrogen and oxygen atoms in total. The average molecular weight is 395 g/mol. The zero-order valence-corrected chi connectivity index (χ0v) is 17.7. The number of hydrogen-bond donors (Lipinski definition) is 1. The molecule has 2 aliphatic rings. The first-order chi connectivity index (χ1) is 13.6. The van der Waals surface area contributed by atoms with E-state index < -0.39 is 0 Å². The van der Waals surface area contributed by atoms with E-state index in [1.54, 1.807) is 0 Å². The number of aliphatic hydroxyl groups is 1. The molecule has 3 unspecified atom stereocenters. The SMILES string of the molecule is CSCc1ccc2c(c1)C(O)C(CC(C)c1ccc3c(c1)CCCC3=O)CC2. The summed E-state index contributed by atoms with van der Waals surface area (Å²) in [5.41, 5.74) is 7.22. The Morgan fingerprint density at radius 1 is 1.11 bits per heavy atom. The number of thioether (sulfide) groups is 1. The molecule has 0 radical (unpaired) electrons. The minimum absolute atomic E-state index is 0.292. The average Bonchev–Trinajstić information content (AvgIpc) is 2.70. The first-order valence-electron chi connectivity index (χ1n) is 10.5. The van der Waals surface area contributed by atoms with Gasteiger partial charge in [0, 0.05) is 17.7 Å². The predicted molar refractivity (Wildman–Crippen MR) is 117 cm³/mol. The van der Waals surface area contributed by atoms with Crippen molar-refractivity contribution in [1.82, 2.24) is 0 Å². The summed E-state index contributed by atoms with van der Waals surface area (Å²) in [5.74, 6) is 1.97. The van der Waals surface area contributed by atoms with Crippen molar-refractivity contribution in [2.75, 3.05) is 6.26 Å². The van der Waals surface area contributed by atoms with Gasteiger partial charge in [-0.15, -0.1) is 0 Å². The number of carbonyl (C=O) groups excluding carboxylic acids is 1. The second-order valence-electron chi connectivity index (χ2n) is 8.54. The van der Waals surface area contributed by atoms with E-state index in [0.717, 1.165) is 49.0 Å². The van der Waals surface area contributed by atoms with Crippen molar-refractivity contribution in [3.05, 3.63) is 69.8 Å². The third-order valence-corrected chi connectivity index (χ3v) is 7.20. The van der Waals surface area contributed by atoms with Gasteiger partial charge in [0.15, 0.2) is 5.78 Å². The molecule has 0 fully saturated rings. The predicted octanol–water partition coefficient (Wildman–Crippen LogP) is 5.86. The summed E-state index contributed by atoms with van der Waals surface area (Å²) >= 11 is 1.82. The van der Waals surface area contributed by atoms with E-state index in [-0.39, 0.29) is 6.10 Å². The minimum Gasteiger partial charge on any atom is -0.388 e. The molecule has 3 heteroatoms. The van der Waals surface area contributed by atoms with Gasteiger partial charge in [0.1, 0.15) is 0 Å². The van der Waals surface area contributed by atoms with Gasteiger partial charge in [-0.05, 0) is 78.0 Å². The molecule has 0 aromatic heterocycles. The Morgan fingerprint density at radius 3 is 2.79 bits per heavy atom. The highest BCUT2D eigenvalue weighted by molar-refractivity contribution is 7.97. The fraction of sp³-hybridized carbons (Fsp3) is 0.480. The van der Waals surface area contributed by atoms with Crippen molar-refractivity contribution in [1.29, 1.82) is 0 Å². The van der Waals surface area contributed by atoms with E-state index in [1.165, 1.54) is 22.3 Å². The van der Waals surface area contributed by atoms with Crippen molar-refractivity contribution in [2.24, 2.45) is 5.92 Å². The molecule has 0 aliphatic heterocycles. The Hall–Kier alpha value is -1.58. The van der Waals surface area contributed by atoms with Crippen LogP contribution in [-0.4, -0.2) is 17.1 Å². The number of aliphatic hydroxyl groups excluding tert-OH is 1. The van der Waals surface area contributed by atoms with E-state index in [4.69, 9.17) is 0 Å². The zero-order valence-electron chi connectivity index (χ0n) is 16.9. The molecule has 4 rings (SSSR count). The lowest BCUT2D eigenvalue weighted by atomic mass is 9.75. The van der Waals surface area contributed by atoms with Crippen LogP contribution in [0.3, 0.4) is 0 Å². The summed E-state index contributed by atoms with van der Waals surface area (Å²) in [6.45, 7) is 2.26. The quantitative estimate of drug-likeness (QED) is 0.690. The standard InChI is InChI=1S/C25H30O2S/c1-16(19-10-11-22-20(14-19)4-3-5-24(22)26)12-21-9-8-18-7-6-17(15-28-2)13-23(18)25(21)27/h6-7,10-11,13-14,16,21,25,27H,3-5,8-9,12,15H2,1-2H3. The summed E-state index contributed by atoms with van der Waals surface area (Å²) in [7, 11) is 0. The lowest BCUT2D eigenvalue weighted by Crippen LogP contribution is -2.22. The molecular formula is C25H30O2S. The summed E-state index contributed by atoms with van der Waals surface area (Å²) < 4.78 is 0. The molecule has 3 atom stereocenters. The third kappa shape index (κ3) is 3.92. The summed E-state index contributed by atoms with van der Waals surface area (Å²) in [5, 5.41) is 11.1. The molecule has 0 heterocycles. The number of fused-ring (bicyclic) bond motifs is 2. The highest BCUT2D eigenvalue weighted by Gasteiger charge is 2.30. The maximum absolute atomic E-state index is 12.1. The van der Waals surface area contributed by atoms with Crippen LogP contribution in [0.2, 0.25) is 0 Å². The third-order valence-electron chi connectivity index (χ3n) is 6.58. The second kappa shape index (κ2) is 8.42. The van der Waals surface area contributed by atoms with Gasteiger partial charge in [-0.1, -0.05) is 43.3 Å². The molecule has 1 N–H and O–H groups in total. The number of aryl methyl sites for hydroxylation is 2. The Kier molecular flexibility index (Phi) is 5.93. The number of benzene rings is 2. The molecule has 28 heavy (non-hydrogen) atoms. The van der Waals surface area contributed by atoms with Crippen LogP contribution >= 0.6 is 11.8 Å². The zero-order chi connectivity index (χ0) is 19.7. The van der Waals surface area contributed by atoms with Crippen molar-refractivity contribution in [2.45, 2.75) is 63.2 Å². The van der Waals surface area contributed by atoms with Gasteiger partial charge in [0.25, 0.3) is 0 Å². The smallest absolute Gasteiger partial charge is 0.163 e. The van der Waals surface area contributed by atoms with Gasteiger partial charge in [-0.3, -0.25) is 4.79 Å². The van der Waals surface area contributed by atoms with Crippen molar-refractivity contribution in [3.63, 3.8) is 0 Å². The molecule has 0 spiro atoms. The number of ketones is 1. The van der Waals surface area contributed by atoms with E-state index in [1.807, 2.05) is 17.8 Å². The maximum Gasteiger partial charge on any atom is 0.163 e. The topological polar surface area (TPSA) is 37.3 Å². The lowest BCUT2D eigenvalue weighted by Gasteiger charge is -2.32. The van der Waals surface area contributed by atoms with Gasteiger partial charge >= 0.3 is 0 Å². The molecule has 2 aromatic carbocycles. The van der Waals surface area contributed by atoms with Crippen LogP contribution in [0, 0.1) is 5.92 Å². The van der Waals surface area contributed by atoms with Gasteiger partial charge in [-0.25, -0.2) is 0 Å². The molecular weight excluding hydrogens is 364 g/mol. The maximum atomic E-state index is 12.1. The molecule has 0 bridgehead atoms. The summed E-state index contributed by atoms with van der Waals surface area (Å²) in [6.07, 6.45) is 7.51. The summed E-state index contributed by atoms with van der Waals surface area (Å²) in [4.78, 5) is 12.1. The number of hydrogen-bond acceptors (Lipinski definition) is 3. The Labute approximate surface area is 172 Å². The van der Waals surface area contributed by atoms with Crippen LogP contribution < -0.4 is 0 Å². The first kappa shape index (κ1) is 19.7. The molecule has 2 aromatic rings. The molecule has 2 aliphatic carbocycles. The highest BCUT2D eigenvalue weighted by atomic mass is 32.2. The van der Waals surface area contributed by atoms with Gasteiger partial charge in [0.2, 0.25) is 0 Å². The van der Waals surface area contributed by atoms with E-state index in [9.17, 15) is 9.90 Å². The fourth-order valence-corrected chi connectivity index (χ4v) is 5.48. The fourth-order valence-electron chi connectivity index (χ4n) is 4.97. The lowest BCUT2D eigenvalue weighted by molar-refractivity contribution is 0.0849. The first-order valence-corrected chi connectivity index (χ1v) is 11.9. The van der Waals surface area contributed by atoms with E-state index >= 15 is 0 Å². The minimum atomic E-state index is -0.368. The number of rotatable bonds is 5. The van der Waals surface area contributed by atoms with Crippen LogP contribution in [0.15, 0.2) is 36.4 Å². The molecule has 0 saturated heterocycles. The largest absolute Gasteiger partial charge is 0.388 e. The molecule has 0 saturated carbocycles. The normalized spacial score (nSPS) is 22.5. The van der Waals surface area contributed by atoms with Gasteiger partial charge in [0.05, 0.1) is 6.10 Å². The van der Waals surface area contributed by atoms with Crippen LogP contribution in [-0.2, 0) is 18.6 Å². The second-order valence-corrected chi connectivity index (χ2v) is 9.41. The van der Waals surface area contributed by atoms with Crippen LogP contribution in [0.25, 0.3) is 0 Å². The van der Waals surface area contributed by atoms with Crippen molar-refractivity contribution < 1.29 is 9.90 Å². The monoisotopic (exact) mass is 394 g/mol. The Bertz CT molecular complexity index is 873. The number of Topliss-reactive ketones (excluding diaryl/α,β-unsaturated/α-hetero) is 1. The summed E-state index contributed by atoms with van der Waals surface area (Å²) in [6, 6.07) is 13.1. The van der Waals surface area contributed by atoms with E-state index in [0.29, 0.717) is 24.0 Å². The Morgan fingerprint density at radius 2 is 1.96 bits per heavy atom. The highest BCUT2D eigenvalue weighted by Crippen LogP contribution is 2.40. The Balaban J connectivity index is 1.50. The van der Waals surface area contributed by atoms with Gasteiger partial charge in [-0.2, -0.15) is 11.8 Å². The van der Waals surface area contributed by atoms with E-state index in [2.05, 4.69) is 43.5 Å². The van der Waals surface area contributed by atoms with Crippen LogP contribution in [0.5, 0.6) is 0 Å². The van der Waals surface area contributed by atoms with Gasteiger partial charge < -0.3 is 5.11 Å². The van der Waals surface area contributed by atoms with Crippen molar-refractivity contribution >= 4 is 17.5 Å². The van der Waals surface area contributed by atoms with Crippen LogP contribution in [0.1, 0.15) is 82.8 Å². The van der Waals surface area contributed by atoms with Crippen molar-refractivity contribution in [3.8, 4) is 0 Å². The molecule has 0 amide bonds.